The molecule has 2 aliphatic rings. The van der Waals surface area contributed by atoms with Crippen molar-refractivity contribution in [2.75, 3.05) is 19.0 Å². The van der Waals surface area contributed by atoms with E-state index in [1.54, 1.807) is 7.11 Å². The Morgan fingerprint density at radius 3 is 2.71 bits per heavy atom. The van der Waals surface area contributed by atoms with Gasteiger partial charge in [0.15, 0.2) is 5.13 Å². The zero-order valence-electron chi connectivity index (χ0n) is 20.8. The molecule has 5 atom stereocenters. The fourth-order valence-electron chi connectivity index (χ4n) is 6.15. The third kappa shape index (κ3) is 4.69. The molecule has 4 rings (SSSR count). The number of aromatic nitrogens is 1. The SMILES string of the molecule is COc1ccccc1CNC(=O)CC1c2nc(NC(C)=O)sc2CC2C(C)(CO)C(O)CCC12C. The van der Waals surface area contributed by atoms with Crippen molar-refractivity contribution in [2.45, 2.75) is 65.0 Å². The van der Waals surface area contributed by atoms with E-state index < -0.39 is 11.5 Å². The van der Waals surface area contributed by atoms with Gasteiger partial charge in [0, 0.05) is 41.7 Å². The molecule has 1 saturated carbocycles. The normalized spacial score (nSPS) is 29.6. The first-order chi connectivity index (χ1) is 16.6. The lowest BCUT2D eigenvalue weighted by Gasteiger charge is -2.58. The summed E-state index contributed by atoms with van der Waals surface area (Å²) in [4.78, 5) is 30.7. The summed E-state index contributed by atoms with van der Waals surface area (Å²) in [5.41, 5.74) is 0.718. The number of methoxy groups -OCH3 is 1. The minimum Gasteiger partial charge on any atom is -0.496 e. The van der Waals surface area contributed by atoms with Gasteiger partial charge in [-0.1, -0.05) is 32.0 Å². The number of fused-ring (bicyclic) bond motifs is 2. The van der Waals surface area contributed by atoms with Crippen LogP contribution in [-0.4, -0.2) is 46.8 Å². The Kier molecular flexibility index (Phi) is 7.22. The van der Waals surface area contributed by atoms with Crippen LogP contribution in [0.1, 0.15) is 62.1 Å². The number of carbonyl (C=O) groups is 2. The van der Waals surface area contributed by atoms with Gasteiger partial charge in [-0.25, -0.2) is 4.98 Å². The van der Waals surface area contributed by atoms with E-state index in [9.17, 15) is 19.8 Å². The molecule has 5 unspecified atom stereocenters. The molecule has 0 saturated heterocycles. The number of rotatable bonds is 7. The molecule has 190 valence electrons. The van der Waals surface area contributed by atoms with Crippen LogP contribution in [0.15, 0.2) is 24.3 Å². The maximum atomic E-state index is 13.2. The minimum absolute atomic E-state index is 0.0334. The lowest BCUT2D eigenvalue weighted by atomic mass is 9.47. The van der Waals surface area contributed by atoms with E-state index in [-0.39, 0.29) is 42.1 Å². The summed E-state index contributed by atoms with van der Waals surface area (Å²) < 4.78 is 5.40. The molecular weight excluding hydrogens is 466 g/mol. The second-order valence-corrected chi connectivity index (χ2v) is 11.4. The number of carbonyl (C=O) groups excluding carboxylic acids is 2. The zero-order valence-corrected chi connectivity index (χ0v) is 21.6. The van der Waals surface area contributed by atoms with Crippen molar-refractivity contribution in [2.24, 2.45) is 16.7 Å². The van der Waals surface area contributed by atoms with Crippen LogP contribution >= 0.6 is 11.3 Å². The number of thiazole rings is 1. The van der Waals surface area contributed by atoms with Gasteiger partial charge in [0.2, 0.25) is 11.8 Å². The van der Waals surface area contributed by atoms with Gasteiger partial charge < -0.3 is 25.6 Å². The molecule has 1 aromatic carbocycles. The quantitative estimate of drug-likeness (QED) is 0.462. The van der Waals surface area contributed by atoms with Gasteiger partial charge >= 0.3 is 0 Å². The zero-order chi connectivity index (χ0) is 25.4. The van der Waals surface area contributed by atoms with Gasteiger partial charge in [-0.05, 0) is 36.7 Å². The summed E-state index contributed by atoms with van der Waals surface area (Å²) in [6.45, 7) is 5.77. The lowest BCUT2D eigenvalue weighted by molar-refractivity contribution is -0.144. The molecule has 1 fully saturated rings. The standard InChI is InChI=1S/C26H35N3O5S/c1-15(31)28-24-29-23-17(11-22(33)27-13-16-7-5-6-8-18(16)34-4)25(2)10-9-21(32)26(3,14-30)20(25)12-19(23)35-24/h5-8,17,20-21,30,32H,9-14H2,1-4H3,(H,27,33)(H,28,29,31). The van der Waals surface area contributed by atoms with Crippen molar-refractivity contribution < 1.29 is 24.5 Å². The van der Waals surface area contributed by atoms with E-state index in [1.165, 1.54) is 18.3 Å². The van der Waals surface area contributed by atoms with E-state index in [0.717, 1.165) is 28.3 Å². The van der Waals surface area contributed by atoms with Crippen LogP contribution in [-0.2, 0) is 22.6 Å². The number of hydrogen-bond donors (Lipinski definition) is 4. The maximum Gasteiger partial charge on any atom is 0.223 e. The fraction of sp³-hybridized carbons (Fsp3) is 0.577. The Hall–Kier alpha value is -2.49. The molecule has 0 radical (unpaired) electrons. The number of benzene rings is 1. The van der Waals surface area contributed by atoms with Crippen LogP contribution in [0.25, 0.3) is 0 Å². The number of ether oxygens (including phenoxy) is 1. The van der Waals surface area contributed by atoms with Crippen LogP contribution in [0.2, 0.25) is 0 Å². The number of nitrogens with zero attached hydrogens (tertiary/aromatic N) is 1. The molecule has 1 aromatic heterocycles. The Bertz CT molecular complexity index is 1100. The number of amides is 2. The third-order valence-electron chi connectivity index (χ3n) is 8.23. The van der Waals surface area contributed by atoms with Gasteiger partial charge in [-0.2, -0.15) is 0 Å². The summed E-state index contributed by atoms with van der Waals surface area (Å²) in [6, 6.07) is 7.58. The highest BCUT2D eigenvalue weighted by Crippen LogP contribution is 2.62. The number of anilines is 1. The molecule has 1 heterocycles. The Labute approximate surface area is 210 Å². The van der Waals surface area contributed by atoms with E-state index in [4.69, 9.17) is 9.72 Å². The summed E-state index contributed by atoms with van der Waals surface area (Å²) in [5.74, 6) is 0.195. The monoisotopic (exact) mass is 501 g/mol. The van der Waals surface area contributed by atoms with Crippen LogP contribution in [0.5, 0.6) is 5.75 Å². The first-order valence-electron chi connectivity index (χ1n) is 12.1. The summed E-state index contributed by atoms with van der Waals surface area (Å²) in [5, 5.41) is 27.6. The molecule has 8 nitrogen and oxygen atoms in total. The molecule has 4 N–H and O–H groups in total. The first kappa shape index (κ1) is 25.6. The van der Waals surface area contributed by atoms with Crippen molar-refractivity contribution in [1.82, 2.24) is 10.3 Å². The molecule has 0 bridgehead atoms. The predicted octanol–water partition coefficient (Wildman–Crippen LogP) is 3.23. The van der Waals surface area contributed by atoms with Crippen LogP contribution in [0, 0.1) is 16.7 Å². The molecule has 2 amide bonds. The Morgan fingerprint density at radius 2 is 2.03 bits per heavy atom. The summed E-state index contributed by atoms with van der Waals surface area (Å²) in [6.07, 6.45) is 1.55. The van der Waals surface area contributed by atoms with Crippen LogP contribution < -0.4 is 15.4 Å². The van der Waals surface area contributed by atoms with Crippen molar-refractivity contribution in [3.8, 4) is 5.75 Å². The van der Waals surface area contributed by atoms with Gasteiger partial charge in [-0.3, -0.25) is 9.59 Å². The number of aliphatic hydroxyl groups excluding tert-OH is 2. The molecule has 9 heteroatoms. The molecular formula is C26H35N3O5S. The van der Waals surface area contributed by atoms with Crippen molar-refractivity contribution in [1.29, 1.82) is 0 Å². The highest BCUT2D eigenvalue weighted by Gasteiger charge is 2.59. The lowest BCUT2D eigenvalue weighted by Crippen LogP contribution is -2.57. The first-order valence-corrected chi connectivity index (χ1v) is 12.9. The van der Waals surface area contributed by atoms with Crippen molar-refractivity contribution in [3.63, 3.8) is 0 Å². The van der Waals surface area contributed by atoms with E-state index in [1.807, 2.05) is 31.2 Å². The minimum atomic E-state index is -0.686. The van der Waals surface area contributed by atoms with E-state index in [0.29, 0.717) is 24.5 Å². The second kappa shape index (κ2) is 9.87. The van der Waals surface area contributed by atoms with Crippen LogP contribution in [0.3, 0.4) is 0 Å². The topological polar surface area (TPSA) is 121 Å². The van der Waals surface area contributed by atoms with Crippen molar-refractivity contribution >= 4 is 28.3 Å². The highest BCUT2D eigenvalue weighted by molar-refractivity contribution is 7.15. The van der Waals surface area contributed by atoms with Gasteiger partial charge in [-0.15, -0.1) is 11.3 Å². The summed E-state index contributed by atoms with van der Waals surface area (Å²) in [7, 11) is 1.61. The maximum absolute atomic E-state index is 13.2. The number of para-hydroxylation sites is 1. The van der Waals surface area contributed by atoms with E-state index in [2.05, 4.69) is 17.6 Å². The molecule has 35 heavy (non-hydrogen) atoms. The van der Waals surface area contributed by atoms with Gasteiger partial charge in [0.05, 0.1) is 25.5 Å². The molecule has 0 aliphatic heterocycles. The fourth-order valence-corrected chi connectivity index (χ4v) is 7.26. The third-order valence-corrected chi connectivity index (χ3v) is 9.24. The van der Waals surface area contributed by atoms with Crippen LogP contribution in [0.4, 0.5) is 5.13 Å². The second-order valence-electron chi connectivity index (χ2n) is 10.3. The number of hydrogen-bond acceptors (Lipinski definition) is 7. The Morgan fingerprint density at radius 1 is 1.29 bits per heavy atom. The molecule has 0 spiro atoms. The molecule has 2 aliphatic carbocycles. The average molecular weight is 502 g/mol. The number of aliphatic hydroxyl groups is 2. The average Bonchev–Trinajstić information content (AvgIpc) is 3.23. The predicted molar refractivity (Wildman–Crippen MR) is 134 cm³/mol. The largest absolute Gasteiger partial charge is 0.496 e. The highest BCUT2D eigenvalue weighted by atomic mass is 32.1. The van der Waals surface area contributed by atoms with E-state index >= 15 is 0 Å². The van der Waals surface area contributed by atoms with Gasteiger partial charge in [0.25, 0.3) is 0 Å². The smallest absolute Gasteiger partial charge is 0.223 e. The Balaban J connectivity index is 1.64. The van der Waals surface area contributed by atoms with Gasteiger partial charge in [0.1, 0.15) is 5.75 Å². The summed E-state index contributed by atoms with van der Waals surface area (Å²) >= 11 is 1.42. The number of nitrogens with one attached hydrogen (secondary N) is 2. The van der Waals surface area contributed by atoms with Crippen molar-refractivity contribution in [3.05, 3.63) is 40.4 Å². The molecule has 2 aromatic rings.